The molecule has 0 aliphatic carbocycles. The molecular formula is C24H25ClN4O2. The van der Waals surface area contributed by atoms with E-state index in [9.17, 15) is 4.79 Å². The number of aryl methyl sites for hydroxylation is 1. The van der Waals surface area contributed by atoms with Crippen molar-refractivity contribution in [2.24, 2.45) is 0 Å². The molecule has 0 unspecified atom stereocenters. The van der Waals surface area contributed by atoms with Gasteiger partial charge in [-0.25, -0.2) is 0 Å². The number of hydrogen-bond acceptors (Lipinski definition) is 5. The van der Waals surface area contributed by atoms with Crippen molar-refractivity contribution in [3.63, 3.8) is 0 Å². The zero-order valence-corrected chi connectivity index (χ0v) is 18.3. The maximum atomic E-state index is 12.6. The predicted octanol–water partition coefficient (Wildman–Crippen LogP) is 4.09. The van der Waals surface area contributed by atoms with E-state index in [1.54, 1.807) is 7.11 Å². The van der Waals surface area contributed by atoms with Gasteiger partial charge in [0.2, 0.25) is 5.91 Å². The first-order valence-corrected chi connectivity index (χ1v) is 10.8. The molecule has 1 aliphatic rings. The molecule has 6 nitrogen and oxygen atoms in total. The Labute approximate surface area is 187 Å². The van der Waals surface area contributed by atoms with E-state index in [0.29, 0.717) is 24.5 Å². The Morgan fingerprint density at radius 1 is 0.935 bits per heavy atom. The SMILES string of the molecule is COc1ccc(CCC(=O)N2CCN(c3ccc(-c4ccc(Cl)cc4)nn3)CC2)cc1. The second-order valence-corrected chi connectivity index (χ2v) is 7.94. The lowest BCUT2D eigenvalue weighted by molar-refractivity contribution is -0.131. The molecule has 31 heavy (non-hydrogen) atoms. The fraction of sp³-hybridized carbons (Fsp3) is 0.292. The third kappa shape index (κ3) is 5.33. The van der Waals surface area contributed by atoms with Crippen LogP contribution >= 0.6 is 11.6 Å². The topological polar surface area (TPSA) is 58.6 Å². The number of benzene rings is 2. The molecular weight excluding hydrogens is 412 g/mol. The van der Waals surface area contributed by atoms with Crippen molar-refractivity contribution < 1.29 is 9.53 Å². The normalized spacial score (nSPS) is 13.9. The average molecular weight is 437 g/mol. The second kappa shape index (κ2) is 9.79. The van der Waals surface area contributed by atoms with Gasteiger partial charge in [0, 0.05) is 43.2 Å². The molecule has 1 fully saturated rings. The van der Waals surface area contributed by atoms with Crippen LogP contribution in [0.25, 0.3) is 11.3 Å². The first-order chi connectivity index (χ1) is 15.1. The van der Waals surface area contributed by atoms with E-state index >= 15 is 0 Å². The maximum absolute atomic E-state index is 12.6. The average Bonchev–Trinajstić information content (AvgIpc) is 2.83. The molecule has 0 atom stereocenters. The van der Waals surface area contributed by atoms with Gasteiger partial charge in [0.15, 0.2) is 5.82 Å². The minimum Gasteiger partial charge on any atom is -0.497 e. The van der Waals surface area contributed by atoms with Crippen molar-refractivity contribution in [2.45, 2.75) is 12.8 Å². The van der Waals surface area contributed by atoms with Crippen LogP contribution in [0.15, 0.2) is 60.7 Å². The highest BCUT2D eigenvalue weighted by atomic mass is 35.5. The van der Waals surface area contributed by atoms with Crippen molar-refractivity contribution in [3.05, 3.63) is 71.2 Å². The zero-order valence-electron chi connectivity index (χ0n) is 17.5. The van der Waals surface area contributed by atoms with Gasteiger partial charge in [0.05, 0.1) is 12.8 Å². The van der Waals surface area contributed by atoms with Crippen LogP contribution in [0, 0.1) is 0 Å². The summed E-state index contributed by atoms with van der Waals surface area (Å²) in [5.41, 5.74) is 2.94. The van der Waals surface area contributed by atoms with Crippen LogP contribution < -0.4 is 9.64 Å². The Morgan fingerprint density at radius 2 is 1.65 bits per heavy atom. The Morgan fingerprint density at radius 3 is 2.26 bits per heavy atom. The highest BCUT2D eigenvalue weighted by molar-refractivity contribution is 6.30. The summed E-state index contributed by atoms with van der Waals surface area (Å²) >= 11 is 5.95. The fourth-order valence-electron chi connectivity index (χ4n) is 3.66. The van der Waals surface area contributed by atoms with Gasteiger partial charge in [0.1, 0.15) is 5.75 Å². The summed E-state index contributed by atoms with van der Waals surface area (Å²) in [6.45, 7) is 2.90. The summed E-state index contributed by atoms with van der Waals surface area (Å²) in [6.07, 6.45) is 1.25. The number of aromatic nitrogens is 2. The van der Waals surface area contributed by atoms with Crippen LogP contribution in [0.1, 0.15) is 12.0 Å². The van der Waals surface area contributed by atoms with Gasteiger partial charge in [-0.15, -0.1) is 10.2 Å². The van der Waals surface area contributed by atoms with Crippen LogP contribution in [0.5, 0.6) is 5.75 Å². The number of halogens is 1. The van der Waals surface area contributed by atoms with Crippen LogP contribution in [-0.2, 0) is 11.2 Å². The van der Waals surface area contributed by atoms with E-state index in [4.69, 9.17) is 16.3 Å². The summed E-state index contributed by atoms with van der Waals surface area (Å²) in [5, 5.41) is 9.45. The number of methoxy groups -OCH3 is 1. The van der Waals surface area contributed by atoms with E-state index in [1.807, 2.05) is 65.6 Å². The van der Waals surface area contributed by atoms with Crippen LogP contribution in [0.4, 0.5) is 5.82 Å². The Hall–Kier alpha value is -3.12. The molecule has 0 spiro atoms. The lowest BCUT2D eigenvalue weighted by Crippen LogP contribution is -2.49. The molecule has 0 N–H and O–H groups in total. The Bertz CT molecular complexity index is 999. The lowest BCUT2D eigenvalue weighted by atomic mass is 10.1. The zero-order chi connectivity index (χ0) is 21.6. The molecule has 0 bridgehead atoms. The van der Waals surface area contributed by atoms with E-state index < -0.39 is 0 Å². The molecule has 2 aromatic carbocycles. The molecule has 7 heteroatoms. The highest BCUT2D eigenvalue weighted by Gasteiger charge is 2.22. The van der Waals surface area contributed by atoms with Gasteiger partial charge in [-0.3, -0.25) is 4.79 Å². The molecule has 0 saturated carbocycles. The van der Waals surface area contributed by atoms with Gasteiger partial charge in [-0.05, 0) is 48.4 Å². The number of rotatable bonds is 6. The standard InChI is InChI=1S/C24H25ClN4O2/c1-31-21-9-2-18(3-10-21)4-13-24(30)29-16-14-28(15-17-29)23-12-11-22(26-27-23)19-5-7-20(25)8-6-19/h2-3,5-12H,4,13-17H2,1H3. The third-order valence-electron chi connectivity index (χ3n) is 5.53. The summed E-state index contributed by atoms with van der Waals surface area (Å²) < 4.78 is 5.18. The summed E-state index contributed by atoms with van der Waals surface area (Å²) in [7, 11) is 1.65. The maximum Gasteiger partial charge on any atom is 0.223 e. The van der Waals surface area contributed by atoms with Crippen molar-refractivity contribution in [1.29, 1.82) is 0 Å². The van der Waals surface area contributed by atoms with Gasteiger partial charge in [-0.2, -0.15) is 0 Å². The van der Waals surface area contributed by atoms with Crippen LogP contribution in [0.2, 0.25) is 5.02 Å². The largest absolute Gasteiger partial charge is 0.497 e. The van der Waals surface area contributed by atoms with E-state index in [-0.39, 0.29) is 5.91 Å². The smallest absolute Gasteiger partial charge is 0.223 e. The van der Waals surface area contributed by atoms with Crippen molar-refractivity contribution in [1.82, 2.24) is 15.1 Å². The second-order valence-electron chi connectivity index (χ2n) is 7.50. The molecule has 1 aromatic heterocycles. The lowest BCUT2D eigenvalue weighted by Gasteiger charge is -2.35. The third-order valence-corrected chi connectivity index (χ3v) is 5.79. The first kappa shape index (κ1) is 21.1. The minimum atomic E-state index is 0.194. The van der Waals surface area contributed by atoms with Crippen molar-refractivity contribution in [2.75, 3.05) is 38.2 Å². The molecule has 1 aliphatic heterocycles. The van der Waals surface area contributed by atoms with Gasteiger partial charge in [-0.1, -0.05) is 35.9 Å². The quantitative estimate of drug-likeness (QED) is 0.582. The van der Waals surface area contributed by atoms with Gasteiger partial charge in [0.25, 0.3) is 0 Å². The van der Waals surface area contributed by atoms with E-state index in [1.165, 1.54) is 0 Å². The fourth-order valence-corrected chi connectivity index (χ4v) is 3.78. The molecule has 160 valence electrons. The molecule has 1 amide bonds. The molecule has 4 rings (SSSR count). The number of hydrogen-bond donors (Lipinski definition) is 0. The number of anilines is 1. The van der Waals surface area contributed by atoms with Gasteiger partial charge < -0.3 is 14.5 Å². The number of nitrogens with zero attached hydrogens (tertiary/aromatic N) is 4. The highest BCUT2D eigenvalue weighted by Crippen LogP contribution is 2.21. The Kier molecular flexibility index (Phi) is 6.67. The van der Waals surface area contributed by atoms with Crippen LogP contribution in [-0.4, -0.2) is 54.3 Å². The predicted molar refractivity (Wildman–Crippen MR) is 123 cm³/mol. The molecule has 3 aromatic rings. The van der Waals surface area contributed by atoms with Crippen LogP contribution in [0.3, 0.4) is 0 Å². The van der Waals surface area contributed by atoms with Gasteiger partial charge >= 0.3 is 0 Å². The first-order valence-electron chi connectivity index (χ1n) is 10.4. The minimum absolute atomic E-state index is 0.194. The van der Waals surface area contributed by atoms with Crippen molar-refractivity contribution >= 4 is 23.3 Å². The number of piperazine rings is 1. The molecule has 2 heterocycles. The van der Waals surface area contributed by atoms with E-state index in [0.717, 1.165) is 47.9 Å². The summed E-state index contributed by atoms with van der Waals surface area (Å²) in [5.74, 6) is 1.86. The number of ether oxygens (including phenoxy) is 1. The molecule has 0 radical (unpaired) electrons. The monoisotopic (exact) mass is 436 g/mol. The summed E-state index contributed by atoms with van der Waals surface area (Å²) in [6, 6.07) is 19.4. The Balaban J connectivity index is 1.27. The molecule has 1 saturated heterocycles. The summed E-state index contributed by atoms with van der Waals surface area (Å²) in [4.78, 5) is 16.7. The van der Waals surface area contributed by atoms with E-state index in [2.05, 4.69) is 15.1 Å². The number of amides is 1. The number of carbonyl (C=O) groups excluding carboxylic acids is 1. The van der Waals surface area contributed by atoms with Crippen molar-refractivity contribution in [3.8, 4) is 17.0 Å². The number of carbonyl (C=O) groups is 1.